The molecule has 1 saturated heterocycles. The predicted molar refractivity (Wildman–Crippen MR) is 83.3 cm³/mol. The van der Waals surface area contributed by atoms with Crippen molar-refractivity contribution in [2.75, 3.05) is 31.6 Å². The van der Waals surface area contributed by atoms with Gasteiger partial charge in [-0.1, -0.05) is 12.1 Å². The Hall–Kier alpha value is -1.06. The Morgan fingerprint density at radius 1 is 1.20 bits per heavy atom. The normalized spacial score (nSPS) is 26.2. The second kappa shape index (κ2) is 5.05. The minimum absolute atomic E-state index is 0.700. The molecule has 1 saturated carbocycles. The number of hydrogen-bond acceptors (Lipinski definition) is 3. The molecule has 0 spiro atoms. The Balaban J connectivity index is 1.33. The van der Waals surface area contributed by atoms with Gasteiger partial charge in [-0.3, -0.25) is 4.90 Å². The van der Waals surface area contributed by atoms with Gasteiger partial charge in [0.15, 0.2) is 0 Å². The molecule has 3 aliphatic rings. The first-order chi connectivity index (χ1) is 9.79. The Morgan fingerprint density at radius 2 is 2.10 bits per heavy atom. The van der Waals surface area contributed by atoms with E-state index in [0.717, 1.165) is 12.6 Å². The molecular weight excluding hydrogens is 246 g/mol. The van der Waals surface area contributed by atoms with Crippen LogP contribution in [0.25, 0.3) is 0 Å². The van der Waals surface area contributed by atoms with Crippen LogP contribution in [0.3, 0.4) is 0 Å². The van der Waals surface area contributed by atoms with Gasteiger partial charge in [0, 0.05) is 51.0 Å². The average molecular weight is 271 g/mol. The summed E-state index contributed by atoms with van der Waals surface area (Å²) in [5.74, 6) is 0. The predicted octanol–water partition coefficient (Wildman–Crippen LogP) is 2.01. The SMILES string of the molecule is CN1CCc2cc(CNC3CCN(C4CC4)C3)ccc21. The van der Waals surface area contributed by atoms with Gasteiger partial charge in [0.1, 0.15) is 0 Å². The van der Waals surface area contributed by atoms with Crippen molar-refractivity contribution in [1.29, 1.82) is 0 Å². The summed E-state index contributed by atoms with van der Waals surface area (Å²) in [4.78, 5) is 5.03. The van der Waals surface area contributed by atoms with E-state index in [0.29, 0.717) is 6.04 Å². The van der Waals surface area contributed by atoms with Gasteiger partial charge in [-0.15, -0.1) is 0 Å². The number of nitrogens with one attached hydrogen (secondary N) is 1. The summed E-state index contributed by atoms with van der Waals surface area (Å²) in [5.41, 5.74) is 4.40. The number of rotatable bonds is 4. The Bertz CT molecular complexity index is 495. The van der Waals surface area contributed by atoms with E-state index in [1.807, 2.05) is 0 Å². The highest BCUT2D eigenvalue weighted by Gasteiger charge is 2.34. The van der Waals surface area contributed by atoms with Gasteiger partial charge >= 0.3 is 0 Å². The zero-order valence-electron chi connectivity index (χ0n) is 12.4. The van der Waals surface area contributed by atoms with Crippen LogP contribution in [0.2, 0.25) is 0 Å². The molecule has 2 heterocycles. The van der Waals surface area contributed by atoms with Gasteiger partial charge in [-0.05, 0) is 42.9 Å². The van der Waals surface area contributed by atoms with Crippen LogP contribution >= 0.6 is 0 Å². The zero-order chi connectivity index (χ0) is 13.5. The Kier molecular flexibility index (Phi) is 3.20. The first-order valence-electron chi connectivity index (χ1n) is 8.10. The van der Waals surface area contributed by atoms with Crippen LogP contribution in [0.1, 0.15) is 30.4 Å². The summed E-state index contributed by atoms with van der Waals surface area (Å²) < 4.78 is 0. The van der Waals surface area contributed by atoms with Gasteiger partial charge in [-0.25, -0.2) is 0 Å². The number of anilines is 1. The van der Waals surface area contributed by atoms with E-state index in [1.54, 1.807) is 0 Å². The lowest BCUT2D eigenvalue weighted by Gasteiger charge is -2.16. The minimum atomic E-state index is 0.700. The summed E-state index contributed by atoms with van der Waals surface area (Å²) in [7, 11) is 2.19. The lowest BCUT2D eigenvalue weighted by Crippen LogP contribution is -2.32. The quantitative estimate of drug-likeness (QED) is 0.904. The molecule has 0 aromatic heterocycles. The highest BCUT2D eigenvalue weighted by atomic mass is 15.2. The molecule has 0 radical (unpaired) electrons. The molecule has 4 rings (SSSR count). The van der Waals surface area contributed by atoms with E-state index in [-0.39, 0.29) is 0 Å². The summed E-state index contributed by atoms with van der Waals surface area (Å²) in [6.45, 7) is 4.76. The number of fused-ring (bicyclic) bond motifs is 1. The highest BCUT2D eigenvalue weighted by molar-refractivity contribution is 5.58. The monoisotopic (exact) mass is 271 g/mol. The van der Waals surface area contributed by atoms with Crippen molar-refractivity contribution in [2.45, 2.75) is 44.3 Å². The standard InChI is InChI=1S/C17H25N3/c1-19-8-6-14-10-13(2-5-17(14)19)11-18-15-7-9-20(12-15)16-3-4-16/h2,5,10,15-16,18H,3-4,6-9,11-12H2,1H3. The van der Waals surface area contributed by atoms with Crippen LogP contribution in [-0.4, -0.2) is 43.7 Å². The van der Waals surface area contributed by atoms with E-state index >= 15 is 0 Å². The highest BCUT2D eigenvalue weighted by Crippen LogP contribution is 2.30. The maximum absolute atomic E-state index is 3.76. The van der Waals surface area contributed by atoms with Gasteiger partial charge in [0.25, 0.3) is 0 Å². The fourth-order valence-electron chi connectivity index (χ4n) is 3.72. The first kappa shape index (κ1) is 12.7. The molecule has 1 unspecified atom stereocenters. The Labute approximate surface area is 121 Å². The van der Waals surface area contributed by atoms with Crippen molar-refractivity contribution in [3.63, 3.8) is 0 Å². The van der Waals surface area contributed by atoms with Crippen LogP contribution in [0.15, 0.2) is 18.2 Å². The topological polar surface area (TPSA) is 18.5 Å². The van der Waals surface area contributed by atoms with Crippen molar-refractivity contribution in [3.05, 3.63) is 29.3 Å². The maximum Gasteiger partial charge on any atom is 0.0397 e. The molecular formula is C17H25N3. The lowest BCUT2D eigenvalue weighted by atomic mass is 10.1. The summed E-state index contributed by atoms with van der Waals surface area (Å²) in [5, 5.41) is 3.76. The van der Waals surface area contributed by atoms with Gasteiger partial charge < -0.3 is 10.2 Å². The molecule has 1 aromatic carbocycles. The van der Waals surface area contributed by atoms with Gasteiger partial charge in [0.05, 0.1) is 0 Å². The Morgan fingerprint density at radius 3 is 2.95 bits per heavy atom. The largest absolute Gasteiger partial charge is 0.374 e. The van der Waals surface area contributed by atoms with E-state index in [1.165, 1.54) is 62.1 Å². The third-order valence-electron chi connectivity index (χ3n) is 5.15. The fraction of sp³-hybridized carbons (Fsp3) is 0.647. The van der Waals surface area contributed by atoms with Gasteiger partial charge in [0.2, 0.25) is 0 Å². The zero-order valence-corrected chi connectivity index (χ0v) is 12.4. The van der Waals surface area contributed by atoms with Crippen molar-refractivity contribution in [2.24, 2.45) is 0 Å². The fourth-order valence-corrected chi connectivity index (χ4v) is 3.72. The summed E-state index contributed by atoms with van der Waals surface area (Å²) >= 11 is 0. The molecule has 0 amide bonds. The third kappa shape index (κ3) is 2.45. The van der Waals surface area contributed by atoms with Crippen molar-refractivity contribution >= 4 is 5.69 Å². The minimum Gasteiger partial charge on any atom is -0.374 e. The second-order valence-corrected chi connectivity index (χ2v) is 6.73. The average Bonchev–Trinajstić information content (AvgIpc) is 3.10. The van der Waals surface area contributed by atoms with E-state index in [4.69, 9.17) is 0 Å². The van der Waals surface area contributed by atoms with E-state index in [2.05, 4.69) is 40.4 Å². The third-order valence-corrected chi connectivity index (χ3v) is 5.15. The van der Waals surface area contributed by atoms with E-state index in [9.17, 15) is 0 Å². The van der Waals surface area contributed by atoms with Crippen LogP contribution < -0.4 is 10.2 Å². The van der Waals surface area contributed by atoms with E-state index < -0.39 is 0 Å². The molecule has 1 atom stereocenters. The van der Waals surface area contributed by atoms with Crippen LogP contribution in [-0.2, 0) is 13.0 Å². The molecule has 108 valence electrons. The molecule has 3 nitrogen and oxygen atoms in total. The van der Waals surface area contributed by atoms with Crippen molar-refractivity contribution in [3.8, 4) is 0 Å². The number of likely N-dealkylation sites (tertiary alicyclic amines) is 1. The molecule has 1 aromatic rings. The smallest absolute Gasteiger partial charge is 0.0397 e. The number of likely N-dealkylation sites (N-methyl/N-ethyl adjacent to an activating group) is 1. The maximum atomic E-state index is 3.76. The molecule has 2 fully saturated rings. The molecule has 3 heteroatoms. The summed E-state index contributed by atoms with van der Waals surface area (Å²) in [6, 6.07) is 8.62. The summed E-state index contributed by atoms with van der Waals surface area (Å²) in [6.07, 6.45) is 5.40. The molecule has 20 heavy (non-hydrogen) atoms. The molecule has 1 N–H and O–H groups in total. The first-order valence-corrected chi connectivity index (χ1v) is 8.10. The molecule has 0 bridgehead atoms. The van der Waals surface area contributed by atoms with Crippen LogP contribution in [0, 0.1) is 0 Å². The number of hydrogen-bond donors (Lipinski definition) is 1. The van der Waals surface area contributed by atoms with Crippen molar-refractivity contribution in [1.82, 2.24) is 10.2 Å². The number of nitrogens with zero attached hydrogens (tertiary/aromatic N) is 2. The molecule has 2 aliphatic heterocycles. The van der Waals surface area contributed by atoms with Crippen LogP contribution in [0.4, 0.5) is 5.69 Å². The second-order valence-electron chi connectivity index (χ2n) is 6.73. The lowest BCUT2D eigenvalue weighted by molar-refractivity contribution is 0.317. The van der Waals surface area contributed by atoms with Crippen molar-refractivity contribution < 1.29 is 0 Å². The van der Waals surface area contributed by atoms with Gasteiger partial charge in [-0.2, -0.15) is 0 Å². The van der Waals surface area contributed by atoms with Crippen LogP contribution in [0.5, 0.6) is 0 Å². The number of benzene rings is 1. The molecule has 1 aliphatic carbocycles.